The zero-order valence-corrected chi connectivity index (χ0v) is 16.2. The standard InChI is InChI=1S/C22H17ClF2N4/c23-15-7-8-19-17(11-15)18(14-26)22(29(19)21-6-1-3-9-27-21)20-5-2-4-10-28(20)16(12-24)13-25/h1-9,11,16H,10,12-13H2. The van der Waals surface area contributed by atoms with E-state index in [1.165, 1.54) is 0 Å². The predicted octanol–water partition coefficient (Wildman–Crippen LogP) is 5.07. The van der Waals surface area contributed by atoms with E-state index in [1.807, 2.05) is 34.9 Å². The maximum absolute atomic E-state index is 13.6. The molecule has 0 saturated carbocycles. The smallest absolute Gasteiger partial charge is 0.137 e. The molecule has 1 aliphatic rings. The number of benzene rings is 1. The quantitative estimate of drug-likeness (QED) is 0.589. The fraction of sp³-hybridized carbons (Fsp3) is 0.182. The molecule has 2 aromatic heterocycles. The normalized spacial score (nSPS) is 13.8. The number of pyridine rings is 1. The summed E-state index contributed by atoms with van der Waals surface area (Å²) in [5.41, 5.74) is 2.24. The van der Waals surface area contributed by atoms with Crippen molar-refractivity contribution in [2.45, 2.75) is 6.04 Å². The van der Waals surface area contributed by atoms with Crippen LogP contribution in [0.15, 0.2) is 60.8 Å². The largest absolute Gasteiger partial charge is 0.358 e. The molecule has 146 valence electrons. The molecule has 0 unspecified atom stereocenters. The lowest BCUT2D eigenvalue weighted by Crippen LogP contribution is -2.39. The first-order chi connectivity index (χ1) is 14.2. The summed E-state index contributed by atoms with van der Waals surface area (Å²) in [6.45, 7) is -1.32. The first kappa shape index (κ1) is 19.2. The Kier molecular flexibility index (Phi) is 5.32. The van der Waals surface area contributed by atoms with E-state index in [0.717, 1.165) is 5.52 Å². The van der Waals surface area contributed by atoms with E-state index in [4.69, 9.17) is 11.6 Å². The molecule has 0 bridgehead atoms. The molecule has 0 saturated heterocycles. The molecular weight excluding hydrogens is 394 g/mol. The zero-order valence-electron chi connectivity index (χ0n) is 15.4. The Labute approximate surface area is 171 Å². The maximum atomic E-state index is 13.6. The van der Waals surface area contributed by atoms with Crippen LogP contribution in [-0.2, 0) is 0 Å². The first-order valence-corrected chi connectivity index (χ1v) is 9.48. The van der Waals surface area contributed by atoms with E-state index in [1.54, 1.807) is 35.4 Å². The van der Waals surface area contributed by atoms with Crippen molar-refractivity contribution >= 4 is 28.2 Å². The number of aromatic nitrogens is 2. The molecule has 3 aromatic rings. The van der Waals surface area contributed by atoms with Gasteiger partial charge in [0.25, 0.3) is 0 Å². The van der Waals surface area contributed by atoms with Crippen LogP contribution in [0.5, 0.6) is 0 Å². The van der Waals surface area contributed by atoms with Gasteiger partial charge in [0, 0.05) is 23.2 Å². The van der Waals surface area contributed by atoms with Crippen molar-refractivity contribution in [1.29, 1.82) is 5.26 Å². The molecule has 3 heterocycles. The van der Waals surface area contributed by atoms with Gasteiger partial charge in [0.2, 0.25) is 0 Å². The van der Waals surface area contributed by atoms with Crippen molar-refractivity contribution in [2.75, 3.05) is 19.9 Å². The number of hydrogen-bond donors (Lipinski definition) is 0. The summed E-state index contributed by atoms with van der Waals surface area (Å²) in [6.07, 6.45) is 7.09. The van der Waals surface area contributed by atoms with Gasteiger partial charge in [0.05, 0.1) is 28.5 Å². The summed E-state index contributed by atoms with van der Waals surface area (Å²) >= 11 is 6.20. The van der Waals surface area contributed by atoms with Crippen LogP contribution in [0.25, 0.3) is 22.4 Å². The second-order valence-electron chi connectivity index (χ2n) is 6.62. The van der Waals surface area contributed by atoms with Crippen molar-refractivity contribution in [2.24, 2.45) is 0 Å². The van der Waals surface area contributed by atoms with Crippen molar-refractivity contribution < 1.29 is 8.78 Å². The first-order valence-electron chi connectivity index (χ1n) is 9.10. The third-order valence-corrected chi connectivity index (χ3v) is 5.20. The molecular formula is C22H17ClF2N4. The number of nitrogens with zero attached hydrogens (tertiary/aromatic N) is 4. The number of halogens is 3. The van der Waals surface area contributed by atoms with E-state index in [-0.39, 0.29) is 0 Å². The average Bonchev–Trinajstić information content (AvgIpc) is 3.08. The van der Waals surface area contributed by atoms with Crippen LogP contribution < -0.4 is 0 Å². The topological polar surface area (TPSA) is 44.9 Å². The van der Waals surface area contributed by atoms with E-state index >= 15 is 0 Å². The molecule has 7 heteroatoms. The fourth-order valence-corrected chi connectivity index (χ4v) is 3.81. The van der Waals surface area contributed by atoms with Crippen molar-refractivity contribution in [3.05, 3.63) is 77.1 Å². The molecule has 0 spiro atoms. The summed E-state index contributed by atoms with van der Waals surface area (Å²) in [5, 5.41) is 11.2. The number of hydrogen-bond acceptors (Lipinski definition) is 3. The summed E-state index contributed by atoms with van der Waals surface area (Å²) in [7, 11) is 0. The Morgan fingerprint density at radius 3 is 2.72 bits per heavy atom. The van der Waals surface area contributed by atoms with Crippen LogP contribution in [0.2, 0.25) is 5.02 Å². The van der Waals surface area contributed by atoms with Gasteiger partial charge in [-0.3, -0.25) is 4.57 Å². The van der Waals surface area contributed by atoms with Gasteiger partial charge in [-0.25, -0.2) is 13.8 Å². The molecule has 1 aliphatic heterocycles. The lowest BCUT2D eigenvalue weighted by Gasteiger charge is -2.33. The average molecular weight is 411 g/mol. The number of rotatable bonds is 5. The summed E-state index contributed by atoms with van der Waals surface area (Å²) < 4.78 is 29.0. The highest BCUT2D eigenvalue weighted by molar-refractivity contribution is 6.31. The lowest BCUT2D eigenvalue weighted by atomic mass is 10.1. The fourth-order valence-electron chi connectivity index (χ4n) is 3.64. The van der Waals surface area contributed by atoms with Gasteiger partial charge in [0.1, 0.15) is 25.2 Å². The molecule has 4 nitrogen and oxygen atoms in total. The van der Waals surface area contributed by atoms with Gasteiger partial charge in [0.15, 0.2) is 0 Å². The highest BCUT2D eigenvalue weighted by atomic mass is 35.5. The van der Waals surface area contributed by atoms with Gasteiger partial charge in [-0.15, -0.1) is 0 Å². The Morgan fingerprint density at radius 1 is 1.21 bits per heavy atom. The molecule has 4 rings (SSSR count). The number of allylic oxidation sites excluding steroid dienone is 2. The highest BCUT2D eigenvalue weighted by Gasteiger charge is 2.29. The van der Waals surface area contributed by atoms with Gasteiger partial charge >= 0.3 is 0 Å². The molecule has 29 heavy (non-hydrogen) atoms. The van der Waals surface area contributed by atoms with E-state index in [9.17, 15) is 14.0 Å². The second-order valence-corrected chi connectivity index (χ2v) is 7.05. The number of alkyl halides is 2. The second kappa shape index (κ2) is 8.06. The van der Waals surface area contributed by atoms with Crippen LogP contribution in [0.3, 0.4) is 0 Å². The predicted molar refractivity (Wildman–Crippen MR) is 110 cm³/mol. The summed E-state index contributed by atoms with van der Waals surface area (Å²) in [4.78, 5) is 6.09. The van der Waals surface area contributed by atoms with E-state index in [2.05, 4.69) is 11.1 Å². The Balaban J connectivity index is 2.07. The monoisotopic (exact) mass is 410 g/mol. The molecule has 0 aliphatic carbocycles. The highest BCUT2D eigenvalue weighted by Crippen LogP contribution is 2.37. The minimum Gasteiger partial charge on any atom is -0.358 e. The van der Waals surface area contributed by atoms with Gasteiger partial charge in [-0.2, -0.15) is 5.26 Å². The van der Waals surface area contributed by atoms with E-state index < -0.39 is 19.4 Å². The molecule has 1 aromatic carbocycles. The number of nitriles is 1. The van der Waals surface area contributed by atoms with Gasteiger partial charge < -0.3 is 4.90 Å². The van der Waals surface area contributed by atoms with Crippen LogP contribution in [0.4, 0.5) is 8.78 Å². The van der Waals surface area contributed by atoms with Crippen LogP contribution in [0.1, 0.15) is 11.3 Å². The van der Waals surface area contributed by atoms with Crippen LogP contribution in [0, 0.1) is 11.3 Å². The SMILES string of the molecule is N#Cc1c(C2=CC=CCN2C(CF)CF)n(-c2ccccn2)c2ccc(Cl)cc12. The number of fused-ring (bicyclic) bond motifs is 1. The molecule has 0 amide bonds. The zero-order chi connectivity index (χ0) is 20.4. The molecule has 0 N–H and O–H groups in total. The van der Waals surface area contributed by atoms with Crippen molar-refractivity contribution in [3.63, 3.8) is 0 Å². The van der Waals surface area contributed by atoms with E-state index in [0.29, 0.717) is 39.7 Å². The van der Waals surface area contributed by atoms with Gasteiger partial charge in [-0.1, -0.05) is 29.8 Å². The minimum atomic E-state index is -0.934. The summed E-state index contributed by atoms with van der Waals surface area (Å²) in [6, 6.07) is 12.1. The Bertz CT molecular complexity index is 1140. The molecule has 0 fully saturated rings. The molecule has 0 radical (unpaired) electrons. The lowest BCUT2D eigenvalue weighted by molar-refractivity contribution is 0.212. The Morgan fingerprint density at radius 2 is 2.03 bits per heavy atom. The third-order valence-electron chi connectivity index (χ3n) is 4.96. The Hall–Kier alpha value is -3.17. The van der Waals surface area contributed by atoms with Crippen molar-refractivity contribution in [1.82, 2.24) is 14.5 Å². The molecule has 0 atom stereocenters. The van der Waals surface area contributed by atoms with Crippen LogP contribution >= 0.6 is 11.6 Å². The third kappa shape index (κ3) is 3.28. The van der Waals surface area contributed by atoms with Gasteiger partial charge in [-0.05, 0) is 36.4 Å². The summed E-state index contributed by atoms with van der Waals surface area (Å²) in [5.74, 6) is 0.601. The minimum absolute atomic E-state index is 0.347. The van der Waals surface area contributed by atoms with Crippen molar-refractivity contribution in [3.8, 4) is 11.9 Å². The van der Waals surface area contributed by atoms with Crippen LogP contribution in [-0.4, -0.2) is 40.4 Å². The maximum Gasteiger partial charge on any atom is 0.137 e.